The van der Waals surface area contributed by atoms with Crippen molar-refractivity contribution in [2.45, 2.75) is 45.1 Å². The number of hydrogen-bond donors (Lipinski definition) is 4. The van der Waals surface area contributed by atoms with Gasteiger partial charge in [0.05, 0.1) is 6.54 Å². The molecule has 1 aromatic rings. The molecular weight excluding hydrogens is 296 g/mol. The van der Waals surface area contributed by atoms with Gasteiger partial charge in [0.1, 0.15) is 6.04 Å². The summed E-state index contributed by atoms with van der Waals surface area (Å²) in [5.41, 5.74) is 12.8. The van der Waals surface area contributed by atoms with Crippen molar-refractivity contribution >= 4 is 11.9 Å². The van der Waals surface area contributed by atoms with Gasteiger partial charge in [-0.3, -0.25) is 9.59 Å². The van der Waals surface area contributed by atoms with E-state index in [2.05, 4.69) is 36.4 Å². The maximum absolute atomic E-state index is 10.1. The average molecular weight is 323 g/mol. The number of carboxylic acids is 2. The number of unbranched alkanes of at least 4 members (excludes halogenated alkanes) is 1. The number of fused-ring (bicyclic) bond motifs is 1. The third-order valence-electron chi connectivity index (χ3n) is 3.21. The lowest BCUT2D eigenvalue weighted by Crippen LogP contribution is -2.29. The Bertz CT molecular complexity index is 454. The molecule has 129 valence electrons. The van der Waals surface area contributed by atoms with E-state index in [1.54, 1.807) is 0 Å². The van der Waals surface area contributed by atoms with E-state index in [1.807, 2.05) is 6.92 Å². The molecular formula is C17H27N2O4. The van der Waals surface area contributed by atoms with Gasteiger partial charge in [-0.15, -0.1) is 0 Å². The van der Waals surface area contributed by atoms with Crippen molar-refractivity contribution in [2.24, 2.45) is 11.5 Å². The summed E-state index contributed by atoms with van der Waals surface area (Å²) >= 11 is 0. The maximum atomic E-state index is 10.1. The van der Waals surface area contributed by atoms with Crippen LogP contribution in [-0.2, 0) is 22.4 Å². The first-order chi connectivity index (χ1) is 10.9. The van der Waals surface area contributed by atoms with Gasteiger partial charge in [-0.25, -0.2) is 0 Å². The minimum absolute atomic E-state index is 0.278. The Morgan fingerprint density at radius 1 is 1.17 bits per heavy atom. The molecule has 0 aromatic heterocycles. The highest BCUT2D eigenvalue weighted by molar-refractivity contribution is 5.72. The molecule has 0 bridgehead atoms. The van der Waals surface area contributed by atoms with Crippen LogP contribution in [0.3, 0.4) is 0 Å². The van der Waals surface area contributed by atoms with Crippen LogP contribution in [0, 0.1) is 6.42 Å². The molecule has 6 nitrogen and oxygen atoms in total. The van der Waals surface area contributed by atoms with Crippen molar-refractivity contribution in [1.29, 1.82) is 0 Å². The first kappa shape index (κ1) is 21.1. The molecule has 0 fully saturated rings. The topological polar surface area (TPSA) is 127 Å². The third-order valence-corrected chi connectivity index (χ3v) is 3.21. The van der Waals surface area contributed by atoms with Gasteiger partial charge in [0, 0.05) is 0 Å². The summed E-state index contributed by atoms with van der Waals surface area (Å²) in [4.78, 5) is 19.3. The summed E-state index contributed by atoms with van der Waals surface area (Å²) in [6, 6.07) is 7.97. The maximum Gasteiger partial charge on any atom is 0.320 e. The standard InChI is InChI=1S/C9H9.C6H13NO2.C2H5NO2/c1-2-5-9-7-3-6-8(9)4-1;1-2-3-4-5(7)6(8)9;3-1-2(4)5/h1-5H,6-7H2;5H,2-4,7H2,1H3,(H,8,9);1,3H2,(H,4,5)/t;5-;/m.1./s1. The molecule has 0 aliphatic heterocycles. The molecule has 1 aliphatic rings. The molecule has 0 heterocycles. The predicted octanol–water partition coefficient (Wildman–Crippen LogP) is 1.61. The highest BCUT2D eigenvalue weighted by Gasteiger charge is 2.09. The zero-order chi connectivity index (χ0) is 17.7. The van der Waals surface area contributed by atoms with Gasteiger partial charge < -0.3 is 21.7 Å². The lowest BCUT2D eigenvalue weighted by Gasteiger charge is -2.02. The first-order valence-electron chi connectivity index (χ1n) is 7.71. The predicted molar refractivity (Wildman–Crippen MR) is 90.0 cm³/mol. The van der Waals surface area contributed by atoms with Crippen LogP contribution in [0.25, 0.3) is 0 Å². The van der Waals surface area contributed by atoms with E-state index in [-0.39, 0.29) is 6.54 Å². The minimum Gasteiger partial charge on any atom is -0.480 e. The van der Waals surface area contributed by atoms with Gasteiger partial charge in [0.2, 0.25) is 0 Å². The van der Waals surface area contributed by atoms with Crippen LogP contribution >= 0.6 is 0 Å². The molecule has 1 atom stereocenters. The second-order valence-corrected chi connectivity index (χ2v) is 5.15. The normalized spacial score (nSPS) is 12.8. The molecule has 1 aliphatic carbocycles. The van der Waals surface area contributed by atoms with Crippen molar-refractivity contribution in [3.05, 3.63) is 41.8 Å². The second-order valence-electron chi connectivity index (χ2n) is 5.15. The Balaban J connectivity index is 0.000000332. The van der Waals surface area contributed by atoms with Gasteiger partial charge in [-0.2, -0.15) is 0 Å². The Labute approximate surface area is 137 Å². The molecule has 0 amide bonds. The average Bonchev–Trinajstić information content (AvgIpc) is 3.02. The summed E-state index contributed by atoms with van der Waals surface area (Å²) in [5, 5.41) is 15.9. The van der Waals surface area contributed by atoms with Crippen molar-refractivity contribution in [2.75, 3.05) is 6.54 Å². The van der Waals surface area contributed by atoms with E-state index in [0.29, 0.717) is 6.42 Å². The Kier molecular flexibility index (Phi) is 11.6. The lowest BCUT2D eigenvalue weighted by atomic mass is 10.1. The molecule has 1 aromatic carbocycles. The zero-order valence-electron chi connectivity index (χ0n) is 13.6. The van der Waals surface area contributed by atoms with E-state index in [1.165, 1.54) is 24.0 Å². The molecule has 0 saturated heterocycles. The molecule has 1 radical (unpaired) electrons. The molecule has 6 heteroatoms. The highest BCUT2D eigenvalue weighted by Crippen LogP contribution is 2.19. The van der Waals surface area contributed by atoms with Crippen molar-refractivity contribution in [3.8, 4) is 0 Å². The van der Waals surface area contributed by atoms with Crippen LogP contribution in [-0.4, -0.2) is 34.7 Å². The van der Waals surface area contributed by atoms with Crippen molar-refractivity contribution in [1.82, 2.24) is 0 Å². The number of carboxylic acid groups (broad SMARTS) is 2. The van der Waals surface area contributed by atoms with E-state index in [9.17, 15) is 9.59 Å². The number of rotatable bonds is 5. The van der Waals surface area contributed by atoms with Crippen LogP contribution in [0.1, 0.15) is 37.3 Å². The van der Waals surface area contributed by atoms with E-state index < -0.39 is 18.0 Å². The van der Waals surface area contributed by atoms with Crippen LogP contribution in [0.2, 0.25) is 0 Å². The van der Waals surface area contributed by atoms with Crippen LogP contribution < -0.4 is 11.5 Å². The molecule has 0 spiro atoms. The minimum atomic E-state index is -0.968. The molecule has 2 rings (SSSR count). The summed E-state index contributed by atoms with van der Waals surface area (Å²) < 4.78 is 0. The van der Waals surface area contributed by atoms with Crippen LogP contribution in [0.4, 0.5) is 0 Å². The molecule has 23 heavy (non-hydrogen) atoms. The number of nitrogens with two attached hydrogens (primary N) is 2. The monoisotopic (exact) mass is 323 g/mol. The van der Waals surface area contributed by atoms with Gasteiger partial charge in [-0.1, -0.05) is 44.0 Å². The largest absolute Gasteiger partial charge is 0.480 e. The van der Waals surface area contributed by atoms with Crippen molar-refractivity contribution < 1.29 is 19.8 Å². The SMILES string of the molecule is CCCC[C@@H](N)C(=O)O.NCC(=O)O.[CH]1Cc2ccccc2C1. The smallest absolute Gasteiger partial charge is 0.320 e. The van der Waals surface area contributed by atoms with Crippen LogP contribution in [0.15, 0.2) is 24.3 Å². The molecule has 0 unspecified atom stereocenters. The fourth-order valence-corrected chi connectivity index (χ4v) is 1.89. The van der Waals surface area contributed by atoms with E-state index in [0.717, 1.165) is 12.8 Å². The summed E-state index contributed by atoms with van der Waals surface area (Å²) in [6.07, 6.45) is 7.16. The molecule has 0 saturated carbocycles. The van der Waals surface area contributed by atoms with Gasteiger partial charge in [-0.05, 0) is 36.8 Å². The summed E-state index contributed by atoms with van der Waals surface area (Å²) in [5.74, 6) is -1.87. The van der Waals surface area contributed by atoms with Gasteiger partial charge in [0.15, 0.2) is 0 Å². The van der Waals surface area contributed by atoms with Crippen LogP contribution in [0.5, 0.6) is 0 Å². The Morgan fingerprint density at radius 2 is 1.65 bits per heavy atom. The zero-order valence-corrected chi connectivity index (χ0v) is 13.6. The first-order valence-corrected chi connectivity index (χ1v) is 7.71. The van der Waals surface area contributed by atoms with E-state index in [4.69, 9.17) is 15.9 Å². The quantitative estimate of drug-likeness (QED) is 0.652. The number of benzene rings is 1. The summed E-state index contributed by atoms with van der Waals surface area (Å²) in [7, 11) is 0. The Morgan fingerprint density at radius 3 is 2.00 bits per heavy atom. The summed E-state index contributed by atoms with van der Waals surface area (Å²) in [6.45, 7) is 1.73. The fraction of sp³-hybridized carbons (Fsp3) is 0.471. The fourth-order valence-electron chi connectivity index (χ4n) is 1.89. The third kappa shape index (κ3) is 10.4. The number of aliphatic carboxylic acids is 2. The number of hydrogen-bond acceptors (Lipinski definition) is 4. The van der Waals surface area contributed by atoms with E-state index >= 15 is 0 Å². The van der Waals surface area contributed by atoms with Crippen molar-refractivity contribution in [3.63, 3.8) is 0 Å². The second kappa shape index (κ2) is 12.6. The lowest BCUT2D eigenvalue weighted by molar-refractivity contribution is -0.138. The molecule has 6 N–H and O–H groups in total. The Hall–Kier alpha value is -1.92. The van der Waals surface area contributed by atoms with Gasteiger partial charge in [0.25, 0.3) is 0 Å². The van der Waals surface area contributed by atoms with Gasteiger partial charge >= 0.3 is 11.9 Å². The number of carbonyl (C=O) groups is 2. The highest BCUT2D eigenvalue weighted by atomic mass is 16.4.